The van der Waals surface area contributed by atoms with Crippen molar-refractivity contribution in [3.63, 3.8) is 0 Å². The molecule has 0 spiro atoms. The predicted molar refractivity (Wildman–Crippen MR) is 108 cm³/mol. The molecule has 1 fully saturated rings. The molecule has 1 aromatic heterocycles. The molecule has 0 unspecified atom stereocenters. The van der Waals surface area contributed by atoms with Crippen molar-refractivity contribution in [1.29, 1.82) is 0 Å². The van der Waals surface area contributed by atoms with Crippen molar-refractivity contribution in [3.8, 4) is 5.75 Å². The van der Waals surface area contributed by atoms with Gasteiger partial charge in [-0.05, 0) is 46.6 Å². The summed E-state index contributed by atoms with van der Waals surface area (Å²) < 4.78 is 13.5. The normalized spacial score (nSPS) is 15.3. The number of morpholine rings is 1. The van der Waals surface area contributed by atoms with E-state index in [4.69, 9.17) is 9.47 Å². The molecule has 0 radical (unpaired) electrons. The Kier molecular flexibility index (Phi) is 7.20. The number of ketones is 1. The van der Waals surface area contributed by atoms with Gasteiger partial charge < -0.3 is 9.47 Å². The molecule has 1 saturated heterocycles. The molecule has 0 aliphatic carbocycles. The number of carbonyl (C=O) groups is 1. The molecule has 0 saturated carbocycles. The number of benzene rings is 1. The van der Waals surface area contributed by atoms with Crippen molar-refractivity contribution in [3.05, 3.63) is 52.3 Å². The van der Waals surface area contributed by atoms with Crippen LogP contribution in [-0.4, -0.2) is 59.9 Å². The van der Waals surface area contributed by atoms with Gasteiger partial charge in [0.25, 0.3) is 0 Å². The monoisotopic (exact) mass is 433 g/mol. The first-order chi connectivity index (χ1) is 13.2. The van der Waals surface area contributed by atoms with Crippen molar-refractivity contribution in [1.82, 2.24) is 14.7 Å². The average Bonchev–Trinajstić information content (AvgIpc) is 3.08. The largest absolute Gasteiger partial charge is 0.492 e. The molecular formula is C20H24BrN3O3. The van der Waals surface area contributed by atoms with Gasteiger partial charge in [-0.15, -0.1) is 0 Å². The number of aryl methyl sites for hydroxylation is 1. The van der Waals surface area contributed by atoms with Crippen LogP contribution < -0.4 is 4.74 Å². The third-order valence-electron chi connectivity index (χ3n) is 4.41. The molecule has 0 bridgehead atoms. The van der Waals surface area contributed by atoms with Gasteiger partial charge in [0.05, 0.1) is 23.9 Å². The average molecular weight is 434 g/mol. The van der Waals surface area contributed by atoms with E-state index in [0.29, 0.717) is 23.3 Å². The minimum absolute atomic E-state index is 0.0768. The summed E-state index contributed by atoms with van der Waals surface area (Å²) in [6.07, 6.45) is 5.02. The van der Waals surface area contributed by atoms with Gasteiger partial charge in [-0.2, -0.15) is 5.10 Å². The van der Waals surface area contributed by atoms with E-state index < -0.39 is 0 Å². The topological polar surface area (TPSA) is 56.6 Å². The third kappa shape index (κ3) is 5.51. The van der Waals surface area contributed by atoms with Crippen LogP contribution in [0.5, 0.6) is 5.75 Å². The summed E-state index contributed by atoms with van der Waals surface area (Å²) in [6, 6.07) is 7.74. The van der Waals surface area contributed by atoms with Crippen molar-refractivity contribution in [2.75, 3.05) is 39.5 Å². The zero-order valence-corrected chi connectivity index (χ0v) is 17.0. The summed E-state index contributed by atoms with van der Waals surface area (Å²) >= 11 is 3.38. The number of carbonyl (C=O) groups excluding carboxylic acids is 1. The molecule has 27 heavy (non-hydrogen) atoms. The first-order valence-electron chi connectivity index (χ1n) is 9.14. The second kappa shape index (κ2) is 9.82. The molecule has 1 aromatic carbocycles. The molecule has 2 aromatic rings. The lowest BCUT2D eigenvalue weighted by atomic mass is 10.1. The fourth-order valence-corrected chi connectivity index (χ4v) is 3.38. The molecule has 3 rings (SSSR count). The van der Waals surface area contributed by atoms with Gasteiger partial charge in [0.1, 0.15) is 18.1 Å². The molecule has 6 nitrogen and oxygen atoms in total. The van der Waals surface area contributed by atoms with Crippen LogP contribution in [0.15, 0.2) is 41.0 Å². The van der Waals surface area contributed by atoms with Crippen molar-refractivity contribution in [2.24, 2.45) is 0 Å². The van der Waals surface area contributed by atoms with Gasteiger partial charge in [0, 0.05) is 26.2 Å². The van der Waals surface area contributed by atoms with E-state index in [1.165, 1.54) is 0 Å². The van der Waals surface area contributed by atoms with Crippen LogP contribution in [0.3, 0.4) is 0 Å². The summed E-state index contributed by atoms with van der Waals surface area (Å²) in [4.78, 5) is 14.8. The van der Waals surface area contributed by atoms with Crippen LogP contribution >= 0.6 is 15.9 Å². The van der Waals surface area contributed by atoms with Crippen molar-refractivity contribution < 1.29 is 14.3 Å². The number of hydrogen-bond donors (Lipinski definition) is 0. The number of aromatic nitrogens is 2. The minimum Gasteiger partial charge on any atom is -0.492 e. The Morgan fingerprint density at radius 3 is 2.74 bits per heavy atom. The van der Waals surface area contributed by atoms with Crippen LogP contribution in [0, 0.1) is 0 Å². The first-order valence-corrected chi connectivity index (χ1v) is 9.93. The minimum atomic E-state index is -0.0768. The Balaban J connectivity index is 1.51. The highest BCUT2D eigenvalue weighted by molar-refractivity contribution is 9.10. The molecule has 0 amide bonds. The van der Waals surface area contributed by atoms with Gasteiger partial charge >= 0.3 is 0 Å². The lowest BCUT2D eigenvalue weighted by Gasteiger charge is -2.26. The van der Waals surface area contributed by atoms with Crippen LogP contribution in [0.1, 0.15) is 23.0 Å². The van der Waals surface area contributed by atoms with Crippen LogP contribution in [0.2, 0.25) is 0 Å². The maximum absolute atomic E-state index is 12.4. The second-order valence-electron chi connectivity index (χ2n) is 6.23. The Labute approximate surface area is 167 Å². The zero-order chi connectivity index (χ0) is 19.1. The van der Waals surface area contributed by atoms with Crippen LogP contribution in [0.4, 0.5) is 0 Å². The lowest BCUT2D eigenvalue weighted by Crippen LogP contribution is -2.38. The summed E-state index contributed by atoms with van der Waals surface area (Å²) in [5.74, 6) is 0.755. The van der Waals surface area contributed by atoms with Crippen molar-refractivity contribution >= 4 is 27.8 Å². The van der Waals surface area contributed by atoms with Crippen LogP contribution in [-0.2, 0) is 11.3 Å². The maximum atomic E-state index is 12.4. The second-order valence-corrected chi connectivity index (χ2v) is 7.08. The number of allylic oxidation sites excluding steroid dienone is 1. The van der Waals surface area contributed by atoms with Crippen molar-refractivity contribution in [2.45, 2.75) is 13.5 Å². The van der Waals surface area contributed by atoms with Gasteiger partial charge in [-0.25, -0.2) is 0 Å². The molecule has 0 atom stereocenters. The Hall–Kier alpha value is -1.96. The first kappa shape index (κ1) is 19.8. The van der Waals surface area contributed by atoms with Crippen LogP contribution in [0.25, 0.3) is 6.08 Å². The lowest BCUT2D eigenvalue weighted by molar-refractivity contribution is 0.0322. The standard InChI is InChI=1S/C20H24BrN3O3/c1-2-24-20(18(21)15-22-24)19(25)8-5-16-3-6-17(7-4-16)27-14-11-23-9-12-26-13-10-23/h3-8,15H,2,9-14H2,1H3/b8-5+. The van der Waals surface area contributed by atoms with Gasteiger partial charge in [0.2, 0.25) is 5.78 Å². The molecule has 1 aliphatic rings. The van der Waals surface area contributed by atoms with E-state index in [1.807, 2.05) is 31.2 Å². The molecular weight excluding hydrogens is 410 g/mol. The Bertz CT molecular complexity index is 780. The molecule has 2 heterocycles. The number of nitrogens with zero attached hydrogens (tertiary/aromatic N) is 3. The summed E-state index contributed by atoms with van der Waals surface area (Å²) in [5, 5.41) is 4.17. The van der Waals surface area contributed by atoms with E-state index >= 15 is 0 Å². The van der Waals surface area contributed by atoms with E-state index in [1.54, 1.807) is 23.0 Å². The highest BCUT2D eigenvalue weighted by Crippen LogP contribution is 2.18. The number of halogens is 1. The highest BCUT2D eigenvalue weighted by Gasteiger charge is 2.13. The maximum Gasteiger partial charge on any atom is 0.205 e. The Morgan fingerprint density at radius 1 is 1.30 bits per heavy atom. The third-order valence-corrected chi connectivity index (χ3v) is 5.00. The Morgan fingerprint density at radius 2 is 2.04 bits per heavy atom. The van der Waals surface area contributed by atoms with Gasteiger partial charge in [-0.3, -0.25) is 14.4 Å². The molecule has 7 heteroatoms. The van der Waals surface area contributed by atoms with E-state index in [-0.39, 0.29) is 5.78 Å². The SMILES string of the molecule is CCn1ncc(Br)c1C(=O)/C=C/c1ccc(OCCN2CCOCC2)cc1. The van der Waals surface area contributed by atoms with E-state index in [0.717, 1.165) is 44.2 Å². The van der Waals surface area contributed by atoms with E-state index in [9.17, 15) is 4.79 Å². The summed E-state index contributed by atoms with van der Waals surface area (Å²) in [7, 11) is 0. The quantitative estimate of drug-likeness (QED) is 0.472. The van der Waals surface area contributed by atoms with E-state index in [2.05, 4.69) is 25.9 Å². The summed E-state index contributed by atoms with van der Waals surface area (Å²) in [5.41, 5.74) is 1.51. The number of rotatable bonds is 8. The summed E-state index contributed by atoms with van der Waals surface area (Å²) in [6.45, 7) is 7.70. The molecule has 144 valence electrons. The van der Waals surface area contributed by atoms with Gasteiger partial charge in [-0.1, -0.05) is 18.2 Å². The zero-order valence-electron chi connectivity index (χ0n) is 15.4. The van der Waals surface area contributed by atoms with Gasteiger partial charge in [0.15, 0.2) is 0 Å². The highest BCUT2D eigenvalue weighted by atomic mass is 79.9. The molecule has 1 aliphatic heterocycles. The smallest absolute Gasteiger partial charge is 0.205 e. The molecule has 0 N–H and O–H groups in total. The number of ether oxygens (including phenoxy) is 2. The predicted octanol–water partition coefficient (Wildman–Crippen LogP) is 3.27. The number of hydrogen-bond acceptors (Lipinski definition) is 5. The fourth-order valence-electron chi connectivity index (χ4n) is 2.89. The fraction of sp³-hybridized carbons (Fsp3) is 0.400.